The minimum atomic E-state index is 0.233. The Morgan fingerprint density at radius 3 is 2.81 bits per heavy atom. The number of benzene rings is 1. The van der Waals surface area contributed by atoms with E-state index in [1.54, 1.807) is 0 Å². The molecule has 1 aliphatic carbocycles. The van der Waals surface area contributed by atoms with Crippen LogP contribution >= 0.6 is 0 Å². The Kier molecular flexibility index (Phi) is 4.22. The Labute approximate surface area is 127 Å². The van der Waals surface area contributed by atoms with Gasteiger partial charge >= 0.3 is 0 Å². The van der Waals surface area contributed by atoms with Gasteiger partial charge in [-0.3, -0.25) is 4.98 Å². The largest absolute Gasteiger partial charge is 0.329 e. The van der Waals surface area contributed by atoms with Crippen molar-refractivity contribution in [3.63, 3.8) is 0 Å². The molecule has 0 aliphatic heterocycles. The van der Waals surface area contributed by atoms with Crippen molar-refractivity contribution < 1.29 is 0 Å². The number of aromatic nitrogens is 1. The zero-order valence-electron chi connectivity index (χ0n) is 13.0. The Morgan fingerprint density at radius 1 is 1.29 bits per heavy atom. The van der Waals surface area contributed by atoms with E-state index in [2.05, 4.69) is 47.6 Å². The lowest BCUT2D eigenvalue weighted by molar-refractivity contribution is 0.423. The van der Waals surface area contributed by atoms with Gasteiger partial charge in [-0.1, -0.05) is 19.1 Å². The smallest absolute Gasteiger partial charge is 0.0705 e. The highest BCUT2D eigenvalue weighted by Gasteiger charge is 2.28. The minimum absolute atomic E-state index is 0.233. The molecule has 1 saturated carbocycles. The monoisotopic (exact) mass is 283 g/mol. The van der Waals surface area contributed by atoms with Crippen LogP contribution in [0.4, 0.5) is 0 Å². The van der Waals surface area contributed by atoms with Gasteiger partial charge in [-0.05, 0) is 61.9 Å². The first kappa shape index (κ1) is 14.5. The molecular weight excluding hydrogens is 258 g/mol. The van der Waals surface area contributed by atoms with Crippen LogP contribution in [0, 0.1) is 18.8 Å². The third kappa shape index (κ3) is 3.42. The van der Waals surface area contributed by atoms with Gasteiger partial charge in [0.2, 0.25) is 0 Å². The van der Waals surface area contributed by atoms with Gasteiger partial charge in [-0.2, -0.15) is 0 Å². The van der Waals surface area contributed by atoms with Crippen molar-refractivity contribution in [2.45, 2.75) is 32.7 Å². The van der Waals surface area contributed by atoms with Crippen LogP contribution in [-0.2, 0) is 0 Å². The average molecular weight is 283 g/mol. The summed E-state index contributed by atoms with van der Waals surface area (Å²) < 4.78 is 0. The van der Waals surface area contributed by atoms with E-state index < -0.39 is 0 Å². The first-order valence-corrected chi connectivity index (χ1v) is 7.98. The van der Waals surface area contributed by atoms with Crippen molar-refractivity contribution in [1.29, 1.82) is 0 Å². The molecule has 1 aromatic carbocycles. The highest BCUT2D eigenvalue weighted by molar-refractivity contribution is 5.79. The molecule has 1 aromatic heterocycles. The Hall–Kier alpha value is -1.45. The zero-order valence-corrected chi connectivity index (χ0v) is 13.0. The number of nitrogens with zero attached hydrogens (tertiary/aromatic N) is 1. The molecule has 2 aromatic rings. The van der Waals surface area contributed by atoms with Crippen LogP contribution in [0.25, 0.3) is 10.9 Å². The van der Waals surface area contributed by atoms with E-state index in [-0.39, 0.29) is 6.04 Å². The SMILES string of the molecule is Cc1ccc2cc(C(CN)NCC(C)C3CC3)ccc2n1. The highest BCUT2D eigenvalue weighted by Crippen LogP contribution is 2.36. The molecule has 112 valence electrons. The number of nitrogens with two attached hydrogens (primary N) is 1. The second-order valence-corrected chi connectivity index (χ2v) is 6.42. The normalized spacial score (nSPS) is 17.9. The maximum Gasteiger partial charge on any atom is 0.0705 e. The summed E-state index contributed by atoms with van der Waals surface area (Å²) in [6.45, 7) is 6.04. The summed E-state index contributed by atoms with van der Waals surface area (Å²) in [4.78, 5) is 4.56. The van der Waals surface area contributed by atoms with Gasteiger partial charge in [-0.15, -0.1) is 0 Å². The van der Waals surface area contributed by atoms with E-state index in [0.717, 1.165) is 29.6 Å². The van der Waals surface area contributed by atoms with Gasteiger partial charge in [-0.25, -0.2) is 0 Å². The van der Waals surface area contributed by atoms with Crippen LogP contribution in [0.5, 0.6) is 0 Å². The van der Waals surface area contributed by atoms with E-state index in [4.69, 9.17) is 5.73 Å². The van der Waals surface area contributed by atoms with E-state index in [1.807, 2.05) is 6.92 Å². The first-order valence-electron chi connectivity index (χ1n) is 7.98. The number of hydrogen-bond acceptors (Lipinski definition) is 3. The summed E-state index contributed by atoms with van der Waals surface area (Å²) >= 11 is 0. The summed E-state index contributed by atoms with van der Waals surface area (Å²) in [5, 5.41) is 4.83. The number of aryl methyl sites for hydroxylation is 1. The first-order chi connectivity index (χ1) is 10.2. The maximum atomic E-state index is 5.97. The Morgan fingerprint density at radius 2 is 2.10 bits per heavy atom. The predicted molar refractivity (Wildman–Crippen MR) is 88.2 cm³/mol. The lowest BCUT2D eigenvalue weighted by Gasteiger charge is -2.20. The van der Waals surface area contributed by atoms with Gasteiger partial charge in [0, 0.05) is 23.7 Å². The Balaban J connectivity index is 1.74. The summed E-state index contributed by atoms with van der Waals surface area (Å²) in [6, 6.07) is 10.9. The van der Waals surface area contributed by atoms with Crippen LogP contribution in [0.3, 0.4) is 0 Å². The maximum absolute atomic E-state index is 5.97. The second kappa shape index (κ2) is 6.12. The number of nitrogens with one attached hydrogen (secondary N) is 1. The molecule has 0 bridgehead atoms. The fourth-order valence-corrected chi connectivity index (χ4v) is 2.96. The van der Waals surface area contributed by atoms with Crippen LogP contribution < -0.4 is 11.1 Å². The molecule has 0 amide bonds. The molecule has 3 nitrogen and oxygen atoms in total. The van der Waals surface area contributed by atoms with Crippen LogP contribution in [0.15, 0.2) is 30.3 Å². The zero-order chi connectivity index (χ0) is 14.8. The second-order valence-electron chi connectivity index (χ2n) is 6.42. The third-order valence-corrected chi connectivity index (χ3v) is 4.60. The summed E-state index contributed by atoms with van der Waals surface area (Å²) in [7, 11) is 0. The molecule has 3 rings (SSSR count). The molecule has 3 N–H and O–H groups in total. The van der Waals surface area contributed by atoms with E-state index >= 15 is 0 Å². The number of rotatable bonds is 6. The molecule has 0 spiro atoms. The van der Waals surface area contributed by atoms with Crippen molar-refractivity contribution in [3.05, 3.63) is 41.6 Å². The van der Waals surface area contributed by atoms with E-state index in [0.29, 0.717) is 6.54 Å². The van der Waals surface area contributed by atoms with Gasteiger partial charge < -0.3 is 11.1 Å². The van der Waals surface area contributed by atoms with Gasteiger partial charge in [0.15, 0.2) is 0 Å². The topological polar surface area (TPSA) is 50.9 Å². The molecule has 1 aliphatic rings. The van der Waals surface area contributed by atoms with Crippen LogP contribution in [0.1, 0.15) is 37.1 Å². The standard InChI is InChI=1S/C18H25N3/c1-12(14-5-6-14)11-20-18(10-19)16-7-8-17-15(9-16)4-3-13(2)21-17/h3-4,7-9,12,14,18,20H,5-6,10-11,19H2,1-2H3. The Bertz CT molecular complexity index is 619. The van der Waals surface area contributed by atoms with Crippen molar-refractivity contribution in [2.24, 2.45) is 17.6 Å². The molecule has 0 radical (unpaired) electrons. The molecule has 0 saturated heterocycles. The number of hydrogen-bond donors (Lipinski definition) is 2. The molecular formula is C18H25N3. The lowest BCUT2D eigenvalue weighted by atomic mass is 10.0. The van der Waals surface area contributed by atoms with Crippen molar-refractivity contribution in [3.8, 4) is 0 Å². The average Bonchev–Trinajstić information content (AvgIpc) is 3.32. The molecule has 1 heterocycles. The van der Waals surface area contributed by atoms with Gasteiger partial charge in [0.1, 0.15) is 0 Å². The summed E-state index contributed by atoms with van der Waals surface area (Å²) in [6.07, 6.45) is 2.80. The molecule has 2 unspecified atom stereocenters. The highest BCUT2D eigenvalue weighted by atomic mass is 14.9. The number of pyridine rings is 1. The molecule has 3 heteroatoms. The summed E-state index contributed by atoms with van der Waals surface area (Å²) in [5.41, 5.74) is 9.35. The van der Waals surface area contributed by atoms with Crippen molar-refractivity contribution >= 4 is 10.9 Å². The molecule has 2 atom stereocenters. The quantitative estimate of drug-likeness (QED) is 0.856. The third-order valence-electron chi connectivity index (χ3n) is 4.60. The van der Waals surface area contributed by atoms with Crippen LogP contribution in [0.2, 0.25) is 0 Å². The summed E-state index contributed by atoms with van der Waals surface area (Å²) in [5.74, 6) is 1.68. The molecule has 21 heavy (non-hydrogen) atoms. The lowest BCUT2D eigenvalue weighted by Crippen LogP contribution is -2.32. The van der Waals surface area contributed by atoms with E-state index in [1.165, 1.54) is 23.8 Å². The van der Waals surface area contributed by atoms with Gasteiger partial charge in [0.05, 0.1) is 5.52 Å². The fraction of sp³-hybridized carbons (Fsp3) is 0.500. The van der Waals surface area contributed by atoms with Crippen LogP contribution in [-0.4, -0.2) is 18.1 Å². The van der Waals surface area contributed by atoms with E-state index in [9.17, 15) is 0 Å². The van der Waals surface area contributed by atoms with Crippen molar-refractivity contribution in [2.75, 3.05) is 13.1 Å². The minimum Gasteiger partial charge on any atom is -0.329 e. The van der Waals surface area contributed by atoms with Crippen molar-refractivity contribution in [1.82, 2.24) is 10.3 Å². The fourth-order valence-electron chi connectivity index (χ4n) is 2.96. The van der Waals surface area contributed by atoms with Gasteiger partial charge in [0.25, 0.3) is 0 Å². The molecule has 1 fully saturated rings. The number of fused-ring (bicyclic) bond motifs is 1. The predicted octanol–water partition coefficient (Wildman–Crippen LogP) is 3.18.